The fourth-order valence-corrected chi connectivity index (χ4v) is 1.08. The molecule has 0 fully saturated rings. The topological polar surface area (TPSA) is 80.7 Å². The van der Waals surface area contributed by atoms with Crippen molar-refractivity contribution < 1.29 is 22.5 Å². The normalized spacial score (nSPS) is 12.5. The second kappa shape index (κ2) is 4.74. The van der Waals surface area contributed by atoms with Gasteiger partial charge in [-0.1, -0.05) is 5.92 Å². The first kappa shape index (κ1) is 10.9. The van der Waals surface area contributed by atoms with Gasteiger partial charge in [0, 0.05) is 0 Å². The molecule has 0 bridgehead atoms. The van der Waals surface area contributed by atoms with Gasteiger partial charge in [0.2, 0.25) is 0 Å². The van der Waals surface area contributed by atoms with Crippen molar-refractivity contribution in [2.24, 2.45) is 0 Å². The maximum absolute atomic E-state index is 10.3. The van der Waals surface area contributed by atoms with Crippen molar-refractivity contribution >= 4 is 16.6 Å². The average molecular weight is 192 g/mol. The largest absolute Gasteiger partial charge is 0.450 e. The van der Waals surface area contributed by atoms with Crippen molar-refractivity contribution in [2.75, 3.05) is 5.75 Å². The molecule has 0 rings (SSSR count). The molecule has 0 saturated carbocycles. The second-order valence-corrected chi connectivity index (χ2v) is 3.36. The quantitative estimate of drug-likeness (QED) is 0.367. The van der Waals surface area contributed by atoms with Gasteiger partial charge < -0.3 is 4.74 Å². The highest BCUT2D eigenvalue weighted by Crippen LogP contribution is 1.93. The molecule has 5 nitrogen and oxygen atoms in total. The summed E-state index contributed by atoms with van der Waals surface area (Å²) < 4.78 is 33.2. The molecule has 6 heteroatoms. The predicted octanol–water partition coefficient (Wildman–Crippen LogP) is -0.561. The third-order valence-corrected chi connectivity index (χ3v) is 1.61. The first-order valence-corrected chi connectivity index (χ1v) is 4.57. The fraction of sp³-hybridized carbons (Fsp3) is 0.500. The molecule has 1 N–H and O–H groups in total. The Morgan fingerprint density at radius 2 is 2.25 bits per heavy atom. The van der Waals surface area contributed by atoms with Gasteiger partial charge in [0.25, 0.3) is 16.6 Å². The molecule has 0 aliphatic rings. The van der Waals surface area contributed by atoms with Crippen LogP contribution in [0.4, 0.5) is 0 Å². The summed E-state index contributed by atoms with van der Waals surface area (Å²) in [5, 5.41) is 0. The maximum Gasteiger partial charge on any atom is 0.294 e. The molecule has 0 aromatic heterocycles. The van der Waals surface area contributed by atoms with Crippen molar-refractivity contribution in [1.29, 1.82) is 0 Å². The highest BCUT2D eigenvalue weighted by molar-refractivity contribution is 7.85. The molecular weight excluding hydrogens is 184 g/mol. The molecule has 68 valence electrons. The first-order valence-electron chi connectivity index (χ1n) is 2.96. The molecule has 0 aromatic carbocycles. The summed E-state index contributed by atoms with van der Waals surface area (Å²) in [7, 11) is -4.15. The molecule has 1 atom stereocenters. The fourth-order valence-electron chi connectivity index (χ4n) is 0.534. The molecule has 0 aliphatic heterocycles. The Bertz CT molecular complexity index is 294. The average Bonchev–Trinajstić information content (AvgIpc) is 1.84. The van der Waals surface area contributed by atoms with Crippen molar-refractivity contribution in [3.8, 4) is 11.8 Å². The lowest BCUT2D eigenvalue weighted by atomic mass is 10.4. The van der Waals surface area contributed by atoms with Crippen LogP contribution in [0.3, 0.4) is 0 Å². The monoisotopic (exact) mass is 192 g/mol. The van der Waals surface area contributed by atoms with E-state index in [1.807, 2.05) is 0 Å². The molecule has 0 radical (unpaired) electrons. The van der Waals surface area contributed by atoms with Crippen LogP contribution >= 0.6 is 0 Å². The number of carbonyl (C=O) groups excluding carboxylic acids is 1. The minimum Gasteiger partial charge on any atom is -0.450 e. The Hall–Kier alpha value is -1.06. The van der Waals surface area contributed by atoms with Crippen molar-refractivity contribution in [1.82, 2.24) is 0 Å². The maximum atomic E-state index is 10.3. The van der Waals surface area contributed by atoms with Crippen LogP contribution in [0.1, 0.15) is 6.92 Å². The van der Waals surface area contributed by atoms with E-state index in [4.69, 9.17) is 4.55 Å². The van der Waals surface area contributed by atoms with Crippen molar-refractivity contribution in [2.45, 2.75) is 13.0 Å². The van der Waals surface area contributed by atoms with Crippen LogP contribution in [0.15, 0.2) is 0 Å². The summed E-state index contributed by atoms with van der Waals surface area (Å²) in [6, 6.07) is 0. The zero-order valence-corrected chi connectivity index (χ0v) is 7.17. The molecule has 0 amide bonds. The smallest absolute Gasteiger partial charge is 0.294 e. The minimum atomic E-state index is -4.15. The molecule has 0 aliphatic carbocycles. The van der Waals surface area contributed by atoms with Crippen LogP contribution in [0, 0.1) is 11.8 Å². The van der Waals surface area contributed by atoms with E-state index < -0.39 is 22.0 Å². The summed E-state index contributed by atoms with van der Waals surface area (Å²) in [6.45, 7) is 1.55. The zero-order chi connectivity index (χ0) is 9.61. The second-order valence-electron chi connectivity index (χ2n) is 1.86. The van der Waals surface area contributed by atoms with E-state index in [0.29, 0.717) is 0 Å². The van der Waals surface area contributed by atoms with Crippen molar-refractivity contribution in [3.05, 3.63) is 0 Å². The van der Waals surface area contributed by atoms with Gasteiger partial charge in [-0.15, -0.1) is 5.92 Å². The van der Waals surface area contributed by atoms with Crippen molar-refractivity contribution in [3.63, 3.8) is 0 Å². The van der Waals surface area contributed by atoms with Crippen LogP contribution in [0.25, 0.3) is 0 Å². The lowest BCUT2D eigenvalue weighted by Gasteiger charge is -2.04. The lowest BCUT2D eigenvalue weighted by Crippen LogP contribution is -2.21. The highest BCUT2D eigenvalue weighted by atomic mass is 32.2. The Balaban J connectivity index is 4.30. The summed E-state index contributed by atoms with van der Waals surface area (Å²) in [6.07, 6.45) is -1.09. The number of hydrogen-bond donors (Lipinski definition) is 1. The molecule has 0 spiro atoms. The predicted molar refractivity (Wildman–Crippen MR) is 40.8 cm³/mol. The van der Waals surface area contributed by atoms with E-state index in [-0.39, 0.29) is 6.47 Å². The van der Waals surface area contributed by atoms with Gasteiger partial charge in [-0.2, -0.15) is 8.42 Å². The summed E-state index contributed by atoms with van der Waals surface area (Å²) >= 11 is 0. The van der Waals surface area contributed by atoms with Gasteiger partial charge in [-0.05, 0) is 6.92 Å². The first-order chi connectivity index (χ1) is 5.49. The Labute approximate surface area is 70.5 Å². The summed E-state index contributed by atoms with van der Waals surface area (Å²) in [5.41, 5.74) is 0. The van der Waals surface area contributed by atoms with Crippen LogP contribution in [-0.4, -0.2) is 31.3 Å². The zero-order valence-electron chi connectivity index (χ0n) is 6.35. The van der Waals surface area contributed by atoms with Gasteiger partial charge in [-0.3, -0.25) is 9.35 Å². The third-order valence-electron chi connectivity index (χ3n) is 0.887. The molecule has 0 saturated heterocycles. The van der Waals surface area contributed by atoms with Gasteiger partial charge >= 0.3 is 0 Å². The highest BCUT2D eigenvalue weighted by Gasteiger charge is 2.14. The van der Waals surface area contributed by atoms with E-state index in [9.17, 15) is 13.2 Å². The van der Waals surface area contributed by atoms with E-state index in [1.54, 1.807) is 0 Å². The molecular formula is C6H8O5S. The van der Waals surface area contributed by atoms with Gasteiger partial charge in [0.15, 0.2) is 6.10 Å². The van der Waals surface area contributed by atoms with Crippen LogP contribution in [-0.2, 0) is 19.6 Å². The molecule has 1 unspecified atom stereocenters. The number of rotatable bonds is 4. The standard InChI is InChI=1S/C6H8O5S/c1-2-3-6(11-5-7)4-12(8,9)10/h5-6H,4H2,1H3,(H,8,9,10). The number of carbonyl (C=O) groups is 1. The Morgan fingerprint density at radius 3 is 2.58 bits per heavy atom. The number of hydrogen-bond acceptors (Lipinski definition) is 4. The summed E-state index contributed by atoms with van der Waals surface area (Å²) in [5.74, 6) is 3.96. The van der Waals surface area contributed by atoms with Gasteiger partial charge in [0.1, 0.15) is 5.75 Å². The number of ether oxygens (including phenoxy) is 1. The van der Waals surface area contributed by atoms with Crippen LogP contribution in [0.5, 0.6) is 0 Å². The van der Waals surface area contributed by atoms with E-state index >= 15 is 0 Å². The lowest BCUT2D eigenvalue weighted by molar-refractivity contribution is -0.130. The van der Waals surface area contributed by atoms with E-state index in [1.165, 1.54) is 6.92 Å². The molecule has 0 aromatic rings. The Morgan fingerprint density at radius 1 is 1.67 bits per heavy atom. The SMILES string of the molecule is CC#CC(CS(=O)(=O)O)OC=O. The summed E-state index contributed by atoms with van der Waals surface area (Å²) in [4.78, 5) is 9.81. The third kappa shape index (κ3) is 5.70. The molecule has 0 heterocycles. The van der Waals surface area contributed by atoms with Crippen LogP contribution < -0.4 is 0 Å². The van der Waals surface area contributed by atoms with Gasteiger partial charge in [-0.25, -0.2) is 0 Å². The van der Waals surface area contributed by atoms with E-state index in [2.05, 4.69) is 16.6 Å². The molecule has 12 heavy (non-hydrogen) atoms. The Kier molecular flexibility index (Phi) is 4.33. The van der Waals surface area contributed by atoms with Crippen LogP contribution in [0.2, 0.25) is 0 Å². The van der Waals surface area contributed by atoms with E-state index in [0.717, 1.165) is 0 Å². The van der Waals surface area contributed by atoms with Gasteiger partial charge in [0.05, 0.1) is 0 Å². The minimum absolute atomic E-state index is 0.0835.